The molecule has 18 heavy (non-hydrogen) atoms. The topological polar surface area (TPSA) is 72.5 Å². The molecule has 0 saturated heterocycles. The minimum absolute atomic E-state index is 0.266. The van der Waals surface area contributed by atoms with Crippen molar-refractivity contribution in [1.29, 1.82) is 0 Å². The summed E-state index contributed by atoms with van der Waals surface area (Å²) in [5, 5.41) is 2.43. The van der Waals surface area contributed by atoms with Gasteiger partial charge in [-0.1, -0.05) is 5.92 Å². The fourth-order valence-corrected chi connectivity index (χ4v) is 1.52. The Bertz CT molecular complexity index is 607. The molecule has 1 N–H and O–H groups in total. The molecule has 0 aliphatic carbocycles. The lowest BCUT2D eigenvalue weighted by atomic mass is 10.1. The number of fused-ring (bicyclic) bond motifs is 1. The molecule has 2 rings (SSSR count). The molecule has 0 bridgehead atoms. The van der Waals surface area contributed by atoms with Gasteiger partial charge in [0, 0.05) is 11.5 Å². The maximum absolute atomic E-state index is 11.3. The number of carbonyl (C=O) groups excluding carboxylic acids is 3. The molecular weight excluding hydrogens is 234 g/mol. The highest BCUT2D eigenvalue weighted by atomic mass is 16.5. The zero-order chi connectivity index (χ0) is 13.1. The highest BCUT2D eigenvalue weighted by Crippen LogP contribution is 2.23. The molecule has 1 amide bonds. The predicted molar refractivity (Wildman–Crippen MR) is 62.9 cm³/mol. The maximum atomic E-state index is 11.3. The second-order valence-electron chi connectivity index (χ2n) is 3.51. The Morgan fingerprint density at radius 1 is 1.39 bits per heavy atom. The van der Waals surface area contributed by atoms with E-state index < -0.39 is 17.7 Å². The predicted octanol–water partition coefficient (Wildman–Crippen LogP) is 0.736. The largest absolute Gasteiger partial charge is 0.456 e. The zero-order valence-corrected chi connectivity index (χ0v) is 9.57. The van der Waals surface area contributed by atoms with Crippen molar-refractivity contribution >= 4 is 23.3 Å². The van der Waals surface area contributed by atoms with Crippen LogP contribution in [0.5, 0.6) is 0 Å². The Morgan fingerprint density at radius 3 is 2.89 bits per heavy atom. The fourth-order valence-electron chi connectivity index (χ4n) is 1.52. The van der Waals surface area contributed by atoms with Gasteiger partial charge in [-0.2, -0.15) is 0 Å². The van der Waals surface area contributed by atoms with E-state index in [2.05, 4.69) is 21.9 Å². The third kappa shape index (κ3) is 2.23. The van der Waals surface area contributed by atoms with Crippen LogP contribution < -0.4 is 5.32 Å². The molecule has 0 saturated carbocycles. The van der Waals surface area contributed by atoms with Crippen molar-refractivity contribution in [2.75, 3.05) is 11.9 Å². The van der Waals surface area contributed by atoms with E-state index in [4.69, 9.17) is 0 Å². The molecule has 5 nitrogen and oxygen atoms in total. The van der Waals surface area contributed by atoms with Crippen molar-refractivity contribution in [1.82, 2.24) is 0 Å². The number of Topliss-reactive ketones (excluding diaryl/α,β-unsaturated/α-hetero) is 1. The average Bonchev–Trinajstić information content (AvgIpc) is 2.63. The summed E-state index contributed by atoms with van der Waals surface area (Å²) in [7, 11) is 0. The van der Waals surface area contributed by atoms with E-state index in [1.54, 1.807) is 19.1 Å². The van der Waals surface area contributed by atoms with Gasteiger partial charge in [0.2, 0.25) is 0 Å². The van der Waals surface area contributed by atoms with Crippen molar-refractivity contribution in [2.45, 2.75) is 6.92 Å². The quantitative estimate of drug-likeness (QED) is 0.448. The van der Waals surface area contributed by atoms with E-state index in [9.17, 15) is 14.4 Å². The lowest BCUT2D eigenvalue weighted by molar-refractivity contribution is -0.136. The van der Waals surface area contributed by atoms with Crippen LogP contribution in [0.2, 0.25) is 0 Å². The SMILES string of the molecule is CCOC(=O)C#Cc1ccc2c(c1)NC(=O)C2=O. The number of esters is 1. The van der Waals surface area contributed by atoms with Gasteiger partial charge in [-0.25, -0.2) is 4.79 Å². The zero-order valence-electron chi connectivity index (χ0n) is 9.57. The van der Waals surface area contributed by atoms with Crippen LogP contribution in [0.25, 0.3) is 0 Å². The normalized spacial score (nSPS) is 12.3. The fraction of sp³-hybridized carbons (Fsp3) is 0.154. The Labute approximate surface area is 103 Å². The minimum atomic E-state index is -0.652. The molecule has 1 aliphatic heterocycles. The summed E-state index contributed by atoms with van der Waals surface area (Å²) < 4.78 is 4.65. The number of carbonyl (C=O) groups is 3. The van der Waals surface area contributed by atoms with Crippen LogP contribution in [0.1, 0.15) is 22.8 Å². The maximum Gasteiger partial charge on any atom is 0.384 e. The van der Waals surface area contributed by atoms with Crippen molar-refractivity contribution in [2.24, 2.45) is 0 Å². The summed E-state index contributed by atoms with van der Waals surface area (Å²) in [4.78, 5) is 33.5. The van der Waals surface area contributed by atoms with Crippen LogP contribution in [0.15, 0.2) is 18.2 Å². The Hall–Kier alpha value is -2.61. The van der Waals surface area contributed by atoms with E-state index in [1.165, 1.54) is 6.07 Å². The van der Waals surface area contributed by atoms with E-state index in [0.29, 0.717) is 16.8 Å². The number of hydrogen-bond acceptors (Lipinski definition) is 4. The Balaban J connectivity index is 2.24. The second kappa shape index (κ2) is 4.72. The van der Waals surface area contributed by atoms with Crippen molar-refractivity contribution in [3.8, 4) is 11.8 Å². The summed E-state index contributed by atoms with van der Waals surface area (Å²) in [5.41, 5.74) is 1.26. The lowest BCUT2D eigenvalue weighted by Gasteiger charge is -1.97. The van der Waals surface area contributed by atoms with Gasteiger partial charge in [0.15, 0.2) is 0 Å². The molecule has 0 radical (unpaired) electrons. The first kappa shape index (κ1) is 11.9. The van der Waals surface area contributed by atoms with Crippen LogP contribution in [0.4, 0.5) is 5.69 Å². The molecule has 1 heterocycles. The third-order valence-corrected chi connectivity index (χ3v) is 2.30. The van der Waals surface area contributed by atoms with E-state index in [0.717, 1.165) is 0 Å². The Morgan fingerprint density at radius 2 is 2.17 bits per heavy atom. The number of benzene rings is 1. The summed E-state index contributed by atoms with van der Waals surface area (Å²) in [6, 6.07) is 4.62. The van der Waals surface area contributed by atoms with Crippen LogP contribution >= 0.6 is 0 Å². The van der Waals surface area contributed by atoms with Gasteiger partial charge in [0.1, 0.15) is 0 Å². The van der Waals surface area contributed by atoms with E-state index in [-0.39, 0.29) is 6.61 Å². The molecule has 1 aliphatic rings. The number of hydrogen-bond donors (Lipinski definition) is 1. The summed E-state index contributed by atoms with van der Waals surface area (Å²) >= 11 is 0. The monoisotopic (exact) mass is 243 g/mol. The average molecular weight is 243 g/mol. The number of rotatable bonds is 1. The minimum Gasteiger partial charge on any atom is -0.456 e. The molecule has 0 fully saturated rings. The van der Waals surface area contributed by atoms with Crippen LogP contribution in [0, 0.1) is 11.8 Å². The van der Waals surface area contributed by atoms with Crippen LogP contribution in [-0.2, 0) is 14.3 Å². The van der Waals surface area contributed by atoms with Gasteiger partial charge in [-0.05, 0) is 25.1 Å². The molecule has 0 atom stereocenters. The van der Waals surface area contributed by atoms with Gasteiger partial charge in [-0.15, -0.1) is 0 Å². The van der Waals surface area contributed by atoms with Crippen molar-refractivity contribution in [3.63, 3.8) is 0 Å². The summed E-state index contributed by atoms with van der Waals surface area (Å²) in [6.07, 6.45) is 0. The van der Waals surface area contributed by atoms with Crippen molar-refractivity contribution in [3.05, 3.63) is 29.3 Å². The first-order valence-corrected chi connectivity index (χ1v) is 5.30. The van der Waals surface area contributed by atoms with Gasteiger partial charge in [0.25, 0.3) is 11.7 Å². The molecule has 90 valence electrons. The highest BCUT2D eigenvalue weighted by molar-refractivity contribution is 6.51. The molecule has 0 spiro atoms. The Kier molecular flexibility index (Phi) is 3.11. The van der Waals surface area contributed by atoms with Gasteiger partial charge >= 0.3 is 5.97 Å². The third-order valence-electron chi connectivity index (χ3n) is 2.30. The summed E-state index contributed by atoms with van der Waals surface area (Å²) in [6.45, 7) is 1.96. The highest BCUT2D eigenvalue weighted by Gasteiger charge is 2.27. The van der Waals surface area contributed by atoms with E-state index >= 15 is 0 Å². The standard InChI is InChI=1S/C13H9NO4/c1-2-18-11(15)6-4-8-3-5-9-10(7-8)14-13(17)12(9)16/h3,5,7H,2H2,1H3,(H,14,16,17). The van der Waals surface area contributed by atoms with Crippen LogP contribution in [-0.4, -0.2) is 24.3 Å². The second-order valence-corrected chi connectivity index (χ2v) is 3.51. The molecule has 1 aromatic rings. The van der Waals surface area contributed by atoms with Crippen LogP contribution in [0.3, 0.4) is 0 Å². The smallest absolute Gasteiger partial charge is 0.384 e. The summed E-state index contributed by atoms with van der Waals surface area (Å²) in [5.74, 6) is 3.08. The number of ketones is 1. The van der Waals surface area contributed by atoms with Crippen molar-refractivity contribution < 1.29 is 19.1 Å². The first-order valence-electron chi connectivity index (χ1n) is 5.30. The molecule has 0 aromatic heterocycles. The number of ether oxygens (including phenoxy) is 1. The number of amides is 1. The number of anilines is 1. The molecule has 0 unspecified atom stereocenters. The van der Waals surface area contributed by atoms with Gasteiger partial charge < -0.3 is 10.1 Å². The number of nitrogens with one attached hydrogen (secondary N) is 1. The van der Waals surface area contributed by atoms with E-state index in [1.807, 2.05) is 0 Å². The first-order chi connectivity index (χ1) is 8.61. The van der Waals surface area contributed by atoms with Gasteiger partial charge in [-0.3, -0.25) is 9.59 Å². The molecule has 5 heteroatoms. The molecular formula is C13H9NO4. The molecule has 1 aromatic carbocycles. The van der Waals surface area contributed by atoms with Gasteiger partial charge in [0.05, 0.1) is 17.9 Å². The lowest BCUT2D eigenvalue weighted by Crippen LogP contribution is -2.12.